The van der Waals surface area contributed by atoms with E-state index in [1.165, 1.54) is 18.2 Å². The number of nitrogens with one attached hydrogen (secondary N) is 1. The van der Waals surface area contributed by atoms with Gasteiger partial charge in [-0.3, -0.25) is 0 Å². The summed E-state index contributed by atoms with van der Waals surface area (Å²) >= 11 is 0. The van der Waals surface area contributed by atoms with Gasteiger partial charge in [-0.15, -0.1) is 0 Å². The maximum atomic E-state index is 11.9. The molecule has 3 atom stereocenters. The third kappa shape index (κ3) is 4.58. The van der Waals surface area contributed by atoms with Gasteiger partial charge in [0.2, 0.25) is 0 Å². The van der Waals surface area contributed by atoms with Gasteiger partial charge in [-0.2, -0.15) is 0 Å². The van der Waals surface area contributed by atoms with Gasteiger partial charge < -0.3 is 19.2 Å². The van der Waals surface area contributed by atoms with Crippen LogP contribution in [0.3, 0.4) is 0 Å². The van der Waals surface area contributed by atoms with E-state index in [1.807, 2.05) is 0 Å². The fraction of sp³-hybridized carbons (Fsp3) is 0.731. The predicted molar refractivity (Wildman–Crippen MR) is 132 cm³/mol. The highest BCUT2D eigenvalue weighted by atomic mass is 28.4. The number of benzene rings is 1. The minimum atomic E-state index is -1.91. The number of carbonyl (C=O) groups is 1. The van der Waals surface area contributed by atoms with Crippen molar-refractivity contribution in [2.75, 3.05) is 27.4 Å². The quantitative estimate of drug-likeness (QED) is 0.523. The third-order valence-electron chi connectivity index (χ3n) is 8.75. The van der Waals surface area contributed by atoms with Crippen LogP contribution in [-0.4, -0.2) is 41.8 Å². The van der Waals surface area contributed by atoms with Crippen LogP contribution >= 0.6 is 0 Å². The normalized spacial score (nSPS) is 27.8. The molecular weight excluding hydrogens is 418 g/mol. The molecule has 0 saturated heterocycles. The van der Waals surface area contributed by atoms with Gasteiger partial charge >= 0.3 is 6.09 Å². The second kappa shape index (κ2) is 9.01. The number of rotatable bonds is 6. The lowest BCUT2D eigenvalue weighted by Gasteiger charge is -2.57. The van der Waals surface area contributed by atoms with Crippen LogP contribution in [0.1, 0.15) is 64.5 Å². The lowest BCUT2D eigenvalue weighted by Crippen LogP contribution is -2.57. The molecule has 0 radical (unpaired) electrons. The molecule has 0 bridgehead atoms. The number of fused-ring (bicyclic) bond motifs is 3. The van der Waals surface area contributed by atoms with Crippen molar-refractivity contribution in [1.82, 2.24) is 5.32 Å². The van der Waals surface area contributed by atoms with Crippen LogP contribution in [0.25, 0.3) is 0 Å². The number of carbonyl (C=O) groups excluding carboxylic acids is 1. The van der Waals surface area contributed by atoms with Gasteiger partial charge in [0, 0.05) is 18.6 Å². The summed E-state index contributed by atoms with van der Waals surface area (Å²) in [6.45, 7) is 15.3. The number of methoxy groups -OCH3 is 2. The molecule has 32 heavy (non-hydrogen) atoms. The first-order valence-electron chi connectivity index (χ1n) is 12.0. The zero-order chi connectivity index (χ0) is 23.8. The Morgan fingerprint density at radius 2 is 1.94 bits per heavy atom. The van der Waals surface area contributed by atoms with Crippen LogP contribution in [0.2, 0.25) is 18.1 Å². The van der Waals surface area contributed by atoms with Crippen LogP contribution in [0.15, 0.2) is 18.2 Å². The topological polar surface area (TPSA) is 56.8 Å². The molecule has 2 aliphatic carbocycles. The molecule has 3 rings (SSSR count). The lowest BCUT2D eigenvalue weighted by atomic mass is 9.49. The molecule has 1 N–H and O–H groups in total. The van der Waals surface area contributed by atoms with Crippen LogP contribution in [-0.2, 0) is 21.0 Å². The summed E-state index contributed by atoms with van der Waals surface area (Å²) in [5.74, 6) is 1.36. The molecule has 0 aliphatic heterocycles. The van der Waals surface area contributed by atoms with Gasteiger partial charge in [-0.1, -0.05) is 40.2 Å². The maximum Gasteiger partial charge on any atom is 0.406 e. The van der Waals surface area contributed by atoms with E-state index in [1.54, 1.807) is 7.11 Å². The van der Waals surface area contributed by atoms with Crippen molar-refractivity contribution < 1.29 is 18.7 Å². The number of alkyl carbamates (subject to hydrolysis) is 1. The van der Waals surface area contributed by atoms with Crippen molar-refractivity contribution in [3.8, 4) is 5.75 Å². The minimum absolute atomic E-state index is 0.000842. The molecule has 1 saturated carbocycles. The van der Waals surface area contributed by atoms with E-state index in [4.69, 9.17) is 13.9 Å². The van der Waals surface area contributed by atoms with E-state index < -0.39 is 8.32 Å². The van der Waals surface area contributed by atoms with Crippen molar-refractivity contribution in [1.29, 1.82) is 0 Å². The Morgan fingerprint density at radius 1 is 1.22 bits per heavy atom. The molecular formula is C26H43NO4Si. The summed E-state index contributed by atoms with van der Waals surface area (Å²) in [5.41, 5.74) is 2.78. The smallest absolute Gasteiger partial charge is 0.406 e. The van der Waals surface area contributed by atoms with E-state index >= 15 is 0 Å². The minimum Gasteiger partial charge on any atom is -0.497 e. The standard InChI is InChI=1S/C26H43NO4Si/c1-24(2,3)32(7,8)31-18-26-15-9-14-25(4,17-27-23(28)30-6)22(26)13-10-19-16-20(29-5)11-12-21(19)26/h11-12,16,22H,9-10,13-15,17-18H2,1-8H3,(H,27,28)/t22-,25+,26-/m1/s1. The SMILES string of the molecule is COC(=O)NC[C@]1(C)CCC[C@@]2(CO[Si](C)(C)C(C)(C)C)c3ccc(OC)cc3CC[C@H]12. The van der Waals surface area contributed by atoms with Crippen LogP contribution in [0.5, 0.6) is 5.75 Å². The Balaban J connectivity index is 2.02. The van der Waals surface area contributed by atoms with Crippen LogP contribution in [0, 0.1) is 11.3 Å². The number of hydrogen-bond acceptors (Lipinski definition) is 4. The highest BCUT2D eigenvalue weighted by molar-refractivity contribution is 6.74. The molecule has 1 amide bonds. The lowest BCUT2D eigenvalue weighted by molar-refractivity contribution is -0.0118. The van der Waals surface area contributed by atoms with Crippen molar-refractivity contribution in [3.63, 3.8) is 0 Å². The second-order valence-electron chi connectivity index (χ2n) is 11.7. The van der Waals surface area contributed by atoms with Crippen molar-refractivity contribution in [2.24, 2.45) is 11.3 Å². The molecule has 5 nitrogen and oxygen atoms in total. The average molecular weight is 462 g/mol. The van der Waals surface area contributed by atoms with Crippen molar-refractivity contribution in [2.45, 2.75) is 83.3 Å². The first-order chi connectivity index (χ1) is 14.9. The summed E-state index contributed by atoms with van der Waals surface area (Å²) < 4.78 is 17.4. The van der Waals surface area contributed by atoms with Gasteiger partial charge in [-0.25, -0.2) is 4.79 Å². The molecule has 0 heterocycles. The molecule has 0 aromatic heterocycles. The predicted octanol–water partition coefficient (Wildman–Crippen LogP) is 6.06. The molecule has 0 spiro atoms. The summed E-state index contributed by atoms with van der Waals surface area (Å²) in [6.07, 6.45) is 5.14. The van der Waals surface area contributed by atoms with Gasteiger partial charge in [0.05, 0.1) is 14.2 Å². The van der Waals surface area contributed by atoms with Gasteiger partial charge in [-0.05, 0) is 78.4 Å². The van der Waals surface area contributed by atoms with E-state index in [-0.39, 0.29) is 22.0 Å². The summed E-state index contributed by atoms with van der Waals surface area (Å²) in [6, 6.07) is 6.61. The maximum absolute atomic E-state index is 11.9. The summed E-state index contributed by atoms with van der Waals surface area (Å²) in [5, 5.41) is 3.19. The largest absolute Gasteiger partial charge is 0.497 e. The van der Waals surface area contributed by atoms with E-state index in [9.17, 15) is 4.79 Å². The Labute approximate surface area is 195 Å². The first kappa shape index (κ1) is 25.1. The highest BCUT2D eigenvalue weighted by Gasteiger charge is 2.55. The molecule has 1 fully saturated rings. The van der Waals surface area contributed by atoms with E-state index in [0.717, 1.165) is 44.5 Å². The first-order valence-corrected chi connectivity index (χ1v) is 14.9. The molecule has 6 heteroatoms. The monoisotopic (exact) mass is 461 g/mol. The Bertz CT molecular complexity index is 834. The molecule has 2 aliphatic rings. The van der Waals surface area contributed by atoms with Crippen LogP contribution < -0.4 is 10.1 Å². The summed E-state index contributed by atoms with van der Waals surface area (Å²) in [7, 11) is 1.25. The number of aryl methyl sites for hydroxylation is 1. The molecule has 0 unspecified atom stereocenters. The van der Waals surface area contributed by atoms with Crippen LogP contribution in [0.4, 0.5) is 4.79 Å². The van der Waals surface area contributed by atoms with Gasteiger partial charge in [0.1, 0.15) is 5.75 Å². The molecule has 180 valence electrons. The number of ether oxygens (including phenoxy) is 2. The van der Waals surface area contributed by atoms with Crippen molar-refractivity contribution in [3.05, 3.63) is 29.3 Å². The molecule has 1 aromatic rings. The molecule has 1 aromatic carbocycles. The summed E-state index contributed by atoms with van der Waals surface area (Å²) in [4.78, 5) is 11.9. The Hall–Kier alpha value is -1.53. The Kier molecular flexibility index (Phi) is 7.07. The zero-order valence-corrected chi connectivity index (χ0v) is 22.4. The fourth-order valence-electron chi connectivity index (χ4n) is 5.79. The third-order valence-corrected chi connectivity index (χ3v) is 13.2. The Morgan fingerprint density at radius 3 is 2.56 bits per heavy atom. The van der Waals surface area contributed by atoms with E-state index in [2.05, 4.69) is 64.3 Å². The number of amides is 1. The van der Waals surface area contributed by atoms with Crippen molar-refractivity contribution >= 4 is 14.4 Å². The van der Waals surface area contributed by atoms with E-state index in [0.29, 0.717) is 12.5 Å². The fourth-order valence-corrected chi connectivity index (χ4v) is 6.85. The second-order valence-corrected chi connectivity index (χ2v) is 16.5. The highest BCUT2D eigenvalue weighted by Crippen LogP contribution is 2.58. The van der Waals surface area contributed by atoms with Gasteiger partial charge in [0.25, 0.3) is 0 Å². The van der Waals surface area contributed by atoms with Gasteiger partial charge in [0.15, 0.2) is 8.32 Å². The number of hydrogen-bond donors (Lipinski definition) is 1. The average Bonchev–Trinajstić information content (AvgIpc) is 2.75. The zero-order valence-electron chi connectivity index (χ0n) is 21.4.